The van der Waals surface area contributed by atoms with E-state index in [1.165, 1.54) is 41.4 Å². The molecule has 1 aromatic rings. The summed E-state index contributed by atoms with van der Waals surface area (Å²) in [6.45, 7) is 0.705. The summed E-state index contributed by atoms with van der Waals surface area (Å²) < 4.78 is 26.8. The molecule has 3 rings (SSSR count). The summed E-state index contributed by atoms with van der Waals surface area (Å²) >= 11 is 0. The van der Waals surface area contributed by atoms with Crippen LogP contribution in [0.1, 0.15) is 44.1 Å². The fraction of sp³-hybridized carbons (Fsp3) is 0.556. The van der Waals surface area contributed by atoms with Crippen LogP contribution in [0.25, 0.3) is 0 Å². The Bertz CT molecular complexity index is 754. The van der Waals surface area contributed by atoms with Crippen molar-refractivity contribution in [2.75, 3.05) is 13.1 Å². The van der Waals surface area contributed by atoms with Gasteiger partial charge in [0.2, 0.25) is 15.9 Å². The van der Waals surface area contributed by atoms with Gasteiger partial charge in [0.1, 0.15) is 0 Å². The maximum atomic E-state index is 12.7. The Morgan fingerprint density at radius 3 is 2.24 bits per heavy atom. The van der Waals surface area contributed by atoms with Crippen LogP contribution < -0.4 is 5.32 Å². The predicted molar refractivity (Wildman–Crippen MR) is 93.0 cm³/mol. The fourth-order valence-corrected chi connectivity index (χ4v) is 5.07. The van der Waals surface area contributed by atoms with Gasteiger partial charge in [-0.2, -0.15) is 9.57 Å². The number of benzene rings is 1. The minimum absolute atomic E-state index is 0.0716. The first-order chi connectivity index (χ1) is 12.0. The lowest BCUT2D eigenvalue weighted by molar-refractivity contribution is -0.126. The number of sulfonamides is 1. The maximum absolute atomic E-state index is 12.7. The molecule has 1 N–H and O–H groups in total. The van der Waals surface area contributed by atoms with E-state index in [1.807, 2.05) is 6.07 Å². The fourth-order valence-electron chi connectivity index (χ4n) is 3.60. The van der Waals surface area contributed by atoms with E-state index in [4.69, 9.17) is 5.26 Å². The average Bonchev–Trinajstić information content (AvgIpc) is 3.15. The minimum atomic E-state index is -3.57. The molecule has 0 radical (unpaired) electrons. The van der Waals surface area contributed by atoms with Crippen molar-refractivity contribution in [3.63, 3.8) is 0 Å². The van der Waals surface area contributed by atoms with Crippen LogP contribution in [-0.4, -0.2) is 37.8 Å². The van der Waals surface area contributed by atoms with Gasteiger partial charge in [-0.05, 0) is 49.9 Å². The average molecular weight is 361 g/mol. The second kappa shape index (κ2) is 7.54. The zero-order valence-electron chi connectivity index (χ0n) is 14.1. The Kier molecular flexibility index (Phi) is 5.40. The SMILES string of the molecule is N#Cc1ccc(S(=O)(=O)N2CCC(C(=O)NC3CCCC3)CC2)cc1. The normalized spacial score (nSPS) is 20.3. The van der Waals surface area contributed by atoms with Gasteiger partial charge < -0.3 is 5.32 Å². The third kappa shape index (κ3) is 4.02. The van der Waals surface area contributed by atoms with E-state index >= 15 is 0 Å². The van der Waals surface area contributed by atoms with E-state index in [-0.39, 0.29) is 16.7 Å². The molecule has 1 amide bonds. The number of nitriles is 1. The molecule has 2 fully saturated rings. The number of nitrogens with one attached hydrogen (secondary N) is 1. The molecule has 0 aromatic heterocycles. The summed E-state index contributed by atoms with van der Waals surface area (Å²) in [7, 11) is -3.57. The maximum Gasteiger partial charge on any atom is 0.243 e. The second-order valence-electron chi connectivity index (χ2n) is 6.80. The van der Waals surface area contributed by atoms with Crippen molar-refractivity contribution in [1.29, 1.82) is 5.26 Å². The first-order valence-electron chi connectivity index (χ1n) is 8.81. The summed E-state index contributed by atoms with van der Waals surface area (Å²) in [5.74, 6) is -0.0321. The van der Waals surface area contributed by atoms with Crippen LogP contribution >= 0.6 is 0 Å². The number of carbonyl (C=O) groups excluding carboxylic acids is 1. The molecule has 1 saturated carbocycles. The molecule has 25 heavy (non-hydrogen) atoms. The summed E-state index contributed by atoms with van der Waals surface area (Å²) in [5, 5.41) is 11.9. The molecular weight excluding hydrogens is 338 g/mol. The molecule has 6 nitrogen and oxygen atoms in total. The van der Waals surface area contributed by atoms with E-state index in [0.717, 1.165) is 12.8 Å². The molecular formula is C18H23N3O3S. The van der Waals surface area contributed by atoms with Gasteiger partial charge in [0.05, 0.1) is 16.5 Å². The lowest BCUT2D eigenvalue weighted by Crippen LogP contribution is -2.44. The number of hydrogen-bond acceptors (Lipinski definition) is 4. The molecule has 7 heteroatoms. The van der Waals surface area contributed by atoms with Gasteiger partial charge in [-0.3, -0.25) is 4.79 Å². The Hall–Kier alpha value is -1.91. The molecule has 1 aromatic carbocycles. The predicted octanol–water partition coefficient (Wildman–Crippen LogP) is 2.02. The van der Waals surface area contributed by atoms with Crippen LogP contribution in [0.5, 0.6) is 0 Å². The number of piperidine rings is 1. The quantitative estimate of drug-likeness (QED) is 0.888. The van der Waals surface area contributed by atoms with E-state index in [2.05, 4.69) is 5.32 Å². The highest BCUT2D eigenvalue weighted by Crippen LogP contribution is 2.25. The molecule has 0 unspecified atom stereocenters. The molecule has 1 saturated heterocycles. The van der Waals surface area contributed by atoms with Gasteiger partial charge in [-0.15, -0.1) is 0 Å². The molecule has 2 aliphatic rings. The molecule has 0 bridgehead atoms. The lowest BCUT2D eigenvalue weighted by Gasteiger charge is -2.31. The first kappa shape index (κ1) is 17.9. The van der Waals surface area contributed by atoms with E-state index in [1.54, 1.807) is 0 Å². The Morgan fingerprint density at radius 2 is 1.68 bits per heavy atom. The van der Waals surface area contributed by atoms with Gasteiger partial charge in [-0.25, -0.2) is 8.42 Å². The van der Waals surface area contributed by atoms with Crippen LogP contribution in [0, 0.1) is 17.2 Å². The zero-order chi connectivity index (χ0) is 17.9. The van der Waals surface area contributed by atoms with E-state index in [9.17, 15) is 13.2 Å². The highest BCUT2D eigenvalue weighted by molar-refractivity contribution is 7.89. The summed E-state index contributed by atoms with van der Waals surface area (Å²) in [5.41, 5.74) is 0.432. The number of amides is 1. The van der Waals surface area contributed by atoms with Crippen molar-refractivity contribution in [2.24, 2.45) is 5.92 Å². The number of nitrogens with zero attached hydrogens (tertiary/aromatic N) is 2. The van der Waals surface area contributed by atoms with Gasteiger partial charge >= 0.3 is 0 Å². The van der Waals surface area contributed by atoms with Crippen molar-refractivity contribution < 1.29 is 13.2 Å². The van der Waals surface area contributed by atoms with Crippen LogP contribution in [0.3, 0.4) is 0 Å². The highest BCUT2D eigenvalue weighted by Gasteiger charge is 2.32. The molecule has 0 spiro atoms. The zero-order valence-corrected chi connectivity index (χ0v) is 15.0. The van der Waals surface area contributed by atoms with Gasteiger partial charge in [0, 0.05) is 25.0 Å². The highest BCUT2D eigenvalue weighted by atomic mass is 32.2. The standard InChI is InChI=1S/C18H23N3O3S/c19-13-14-5-7-17(8-6-14)25(23,24)21-11-9-15(10-12-21)18(22)20-16-3-1-2-4-16/h5-8,15-16H,1-4,9-12H2,(H,20,22). The van der Waals surface area contributed by atoms with Crippen LogP contribution in [0.15, 0.2) is 29.2 Å². The first-order valence-corrected chi connectivity index (χ1v) is 10.3. The van der Waals surface area contributed by atoms with Gasteiger partial charge in [-0.1, -0.05) is 12.8 Å². The molecule has 1 aliphatic carbocycles. The Morgan fingerprint density at radius 1 is 1.08 bits per heavy atom. The van der Waals surface area contributed by atoms with Gasteiger partial charge in [0.15, 0.2) is 0 Å². The third-order valence-electron chi connectivity index (χ3n) is 5.15. The molecule has 0 atom stereocenters. The summed E-state index contributed by atoms with van der Waals surface area (Å²) in [4.78, 5) is 12.5. The number of rotatable bonds is 4. The van der Waals surface area contributed by atoms with Crippen LogP contribution in [-0.2, 0) is 14.8 Å². The van der Waals surface area contributed by atoms with Crippen molar-refractivity contribution in [3.8, 4) is 6.07 Å². The summed E-state index contributed by atoms with van der Waals surface area (Å²) in [6, 6.07) is 8.23. The van der Waals surface area contributed by atoms with E-state index in [0.29, 0.717) is 37.5 Å². The minimum Gasteiger partial charge on any atom is -0.353 e. The number of carbonyl (C=O) groups is 1. The Labute approximate surface area is 148 Å². The topological polar surface area (TPSA) is 90.3 Å². The van der Waals surface area contributed by atoms with Crippen molar-refractivity contribution in [3.05, 3.63) is 29.8 Å². The van der Waals surface area contributed by atoms with E-state index < -0.39 is 10.0 Å². The second-order valence-corrected chi connectivity index (χ2v) is 8.74. The number of hydrogen-bond donors (Lipinski definition) is 1. The van der Waals surface area contributed by atoms with Crippen LogP contribution in [0.4, 0.5) is 0 Å². The van der Waals surface area contributed by atoms with Crippen molar-refractivity contribution >= 4 is 15.9 Å². The largest absolute Gasteiger partial charge is 0.353 e. The summed E-state index contributed by atoms with van der Waals surface area (Å²) in [6.07, 6.45) is 5.55. The monoisotopic (exact) mass is 361 g/mol. The lowest BCUT2D eigenvalue weighted by atomic mass is 9.97. The molecule has 1 aliphatic heterocycles. The van der Waals surface area contributed by atoms with Crippen LogP contribution in [0.2, 0.25) is 0 Å². The van der Waals surface area contributed by atoms with Gasteiger partial charge in [0.25, 0.3) is 0 Å². The third-order valence-corrected chi connectivity index (χ3v) is 7.06. The van der Waals surface area contributed by atoms with Crippen molar-refractivity contribution in [2.45, 2.75) is 49.5 Å². The molecule has 134 valence electrons. The van der Waals surface area contributed by atoms with Crippen molar-refractivity contribution in [1.82, 2.24) is 9.62 Å². The smallest absolute Gasteiger partial charge is 0.243 e. The Balaban J connectivity index is 1.58. The molecule has 1 heterocycles.